The van der Waals surface area contributed by atoms with Gasteiger partial charge in [-0.05, 0) is 10.9 Å². The topological polar surface area (TPSA) is 46.4 Å². The Labute approximate surface area is 84.1 Å². The third-order valence-corrected chi connectivity index (χ3v) is 2.17. The summed E-state index contributed by atoms with van der Waals surface area (Å²) in [5, 5.41) is 9.48. The molecule has 5 heteroatoms. The van der Waals surface area contributed by atoms with E-state index in [-0.39, 0.29) is 0 Å². The van der Waals surface area contributed by atoms with E-state index in [1.165, 1.54) is 19.3 Å². The number of hydrazine groups is 1. The highest BCUT2D eigenvalue weighted by Crippen LogP contribution is 2.06. The van der Waals surface area contributed by atoms with E-state index >= 15 is 0 Å². The zero-order valence-corrected chi connectivity index (χ0v) is 8.79. The molecule has 0 saturated heterocycles. The number of halogens is 1. The van der Waals surface area contributed by atoms with Gasteiger partial charge in [-0.25, -0.2) is 10.1 Å². The summed E-state index contributed by atoms with van der Waals surface area (Å²) in [5.41, 5.74) is 0. The lowest BCUT2D eigenvalue weighted by atomic mass is 10.1. The molecule has 0 N–H and O–H groups in total. The predicted octanol–water partition coefficient (Wildman–Crippen LogP) is 2.99. The fraction of sp³-hybridized carbons (Fsp3) is 1.00. The summed E-state index contributed by atoms with van der Waals surface area (Å²) in [5.74, 6) is 0. The van der Waals surface area contributed by atoms with Crippen LogP contribution < -0.4 is 0 Å². The van der Waals surface area contributed by atoms with Crippen LogP contribution in [0.15, 0.2) is 0 Å². The summed E-state index contributed by atoms with van der Waals surface area (Å²) < 4.78 is 0.625. The van der Waals surface area contributed by atoms with Crippen molar-refractivity contribution >= 4 is 11.8 Å². The van der Waals surface area contributed by atoms with Gasteiger partial charge < -0.3 is 0 Å². The predicted molar refractivity (Wildman–Crippen MR) is 52.9 cm³/mol. The van der Waals surface area contributed by atoms with Crippen LogP contribution in [0.3, 0.4) is 0 Å². The van der Waals surface area contributed by atoms with Crippen molar-refractivity contribution in [3.8, 4) is 0 Å². The SMILES string of the molecule is CCCCCCCCN(Cl)[N+](=O)[O-]. The van der Waals surface area contributed by atoms with Gasteiger partial charge in [-0.1, -0.05) is 39.0 Å². The summed E-state index contributed by atoms with van der Waals surface area (Å²) in [6.07, 6.45) is 6.66. The van der Waals surface area contributed by atoms with Crippen molar-refractivity contribution in [3.63, 3.8) is 0 Å². The maximum absolute atomic E-state index is 10.1. The van der Waals surface area contributed by atoms with Crippen molar-refractivity contribution < 1.29 is 5.03 Å². The molecule has 0 heterocycles. The molecule has 0 fully saturated rings. The van der Waals surface area contributed by atoms with Crippen LogP contribution in [0, 0.1) is 10.1 Å². The lowest BCUT2D eigenvalue weighted by Gasteiger charge is -2.04. The van der Waals surface area contributed by atoms with Gasteiger partial charge in [-0.15, -0.1) is 0 Å². The lowest BCUT2D eigenvalue weighted by molar-refractivity contribution is -0.621. The molecule has 0 aliphatic carbocycles. The van der Waals surface area contributed by atoms with E-state index in [0.29, 0.717) is 11.1 Å². The maximum Gasteiger partial charge on any atom is 0.176 e. The minimum Gasteiger partial charge on any atom is -0.234 e. The van der Waals surface area contributed by atoms with Crippen molar-refractivity contribution in [2.24, 2.45) is 0 Å². The normalized spacial score (nSPS) is 10.0. The van der Waals surface area contributed by atoms with Crippen LogP contribution in [0.2, 0.25) is 0 Å². The minimum absolute atomic E-state index is 0.334. The Kier molecular flexibility index (Phi) is 7.79. The lowest BCUT2D eigenvalue weighted by Crippen LogP contribution is -2.20. The van der Waals surface area contributed by atoms with E-state index in [0.717, 1.165) is 19.3 Å². The second kappa shape index (κ2) is 8.10. The average molecular weight is 209 g/mol. The summed E-state index contributed by atoms with van der Waals surface area (Å²) >= 11 is 5.29. The Morgan fingerprint density at radius 3 is 2.31 bits per heavy atom. The van der Waals surface area contributed by atoms with E-state index in [1.807, 2.05) is 0 Å². The minimum atomic E-state index is -0.590. The molecule has 0 aliphatic heterocycles. The van der Waals surface area contributed by atoms with Crippen molar-refractivity contribution in [2.75, 3.05) is 6.54 Å². The number of nitrogens with zero attached hydrogens (tertiary/aromatic N) is 2. The van der Waals surface area contributed by atoms with E-state index < -0.39 is 5.03 Å². The second-order valence-electron chi connectivity index (χ2n) is 3.07. The molecule has 0 amide bonds. The smallest absolute Gasteiger partial charge is 0.176 e. The van der Waals surface area contributed by atoms with Crippen LogP contribution in [-0.4, -0.2) is 16.1 Å². The molecule has 0 aliphatic rings. The number of hydrogen-bond donors (Lipinski definition) is 0. The molecule has 0 spiro atoms. The molecule has 4 nitrogen and oxygen atoms in total. The zero-order valence-electron chi connectivity index (χ0n) is 8.04. The summed E-state index contributed by atoms with van der Waals surface area (Å²) in [4.78, 5) is 10.1. The summed E-state index contributed by atoms with van der Waals surface area (Å²) in [6, 6.07) is 0. The van der Waals surface area contributed by atoms with Crippen molar-refractivity contribution in [1.29, 1.82) is 0 Å². The molecule has 0 radical (unpaired) electrons. The molecule has 0 rings (SSSR count). The first kappa shape index (κ1) is 12.5. The highest BCUT2D eigenvalue weighted by atomic mass is 35.5. The van der Waals surface area contributed by atoms with Crippen LogP contribution in [0.4, 0.5) is 0 Å². The fourth-order valence-corrected chi connectivity index (χ4v) is 1.22. The van der Waals surface area contributed by atoms with E-state index in [1.54, 1.807) is 0 Å². The zero-order chi connectivity index (χ0) is 10.1. The molecule has 0 atom stereocenters. The molecular weight excluding hydrogens is 192 g/mol. The number of hydrogen-bond acceptors (Lipinski definition) is 2. The van der Waals surface area contributed by atoms with Crippen LogP contribution in [0.25, 0.3) is 0 Å². The van der Waals surface area contributed by atoms with E-state index in [2.05, 4.69) is 6.92 Å². The molecule has 0 saturated carbocycles. The molecule has 0 aromatic rings. The summed E-state index contributed by atoms with van der Waals surface area (Å²) in [7, 11) is 0. The number of rotatable bonds is 8. The number of unbranched alkanes of at least 4 members (excludes halogenated alkanes) is 5. The van der Waals surface area contributed by atoms with E-state index in [9.17, 15) is 10.1 Å². The second-order valence-corrected chi connectivity index (χ2v) is 3.46. The first-order valence-electron chi connectivity index (χ1n) is 4.76. The van der Waals surface area contributed by atoms with Crippen LogP contribution >= 0.6 is 11.8 Å². The van der Waals surface area contributed by atoms with Gasteiger partial charge in [0.1, 0.15) is 0 Å². The Morgan fingerprint density at radius 2 is 1.77 bits per heavy atom. The average Bonchev–Trinajstić information content (AvgIpc) is 2.10. The van der Waals surface area contributed by atoms with Gasteiger partial charge in [0.15, 0.2) is 5.03 Å². The van der Waals surface area contributed by atoms with Gasteiger partial charge >= 0.3 is 0 Å². The standard InChI is InChI=1S/C8H17ClN2O2/c1-2-3-4-5-6-7-8-10(9)11(12)13/h2-8H2,1H3. The Balaban J connectivity index is 3.11. The van der Waals surface area contributed by atoms with Gasteiger partial charge in [0.2, 0.25) is 0 Å². The Hall–Kier alpha value is -0.510. The molecule has 13 heavy (non-hydrogen) atoms. The molecule has 0 aromatic carbocycles. The molecule has 0 unspecified atom stereocenters. The molecule has 0 bridgehead atoms. The van der Waals surface area contributed by atoms with Crippen LogP contribution in [0.5, 0.6) is 0 Å². The number of nitro groups is 1. The van der Waals surface area contributed by atoms with Crippen LogP contribution in [0.1, 0.15) is 45.4 Å². The monoisotopic (exact) mass is 208 g/mol. The molecule has 78 valence electrons. The third kappa shape index (κ3) is 7.84. The molecular formula is C8H17ClN2O2. The van der Waals surface area contributed by atoms with Gasteiger partial charge in [0.25, 0.3) is 0 Å². The first-order chi connectivity index (χ1) is 6.18. The Morgan fingerprint density at radius 1 is 1.23 bits per heavy atom. The van der Waals surface area contributed by atoms with Crippen LogP contribution in [-0.2, 0) is 0 Å². The van der Waals surface area contributed by atoms with Gasteiger partial charge in [0, 0.05) is 0 Å². The first-order valence-corrected chi connectivity index (χ1v) is 5.10. The maximum atomic E-state index is 10.1. The highest BCUT2D eigenvalue weighted by molar-refractivity contribution is 6.12. The fourth-order valence-electron chi connectivity index (χ4n) is 1.10. The van der Waals surface area contributed by atoms with Gasteiger partial charge in [-0.2, -0.15) is 0 Å². The molecule has 0 aromatic heterocycles. The third-order valence-electron chi connectivity index (χ3n) is 1.87. The van der Waals surface area contributed by atoms with Crippen molar-refractivity contribution in [3.05, 3.63) is 10.1 Å². The van der Waals surface area contributed by atoms with Gasteiger partial charge in [0.05, 0.1) is 18.3 Å². The Bertz CT molecular complexity index is 144. The van der Waals surface area contributed by atoms with Gasteiger partial charge in [-0.3, -0.25) is 0 Å². The highest BCUT2D eigenvalue weighted by Gasteiger charge is 2.08. The van der Waals surface area contributed by atoms with Crippen molar-refractivity contribution in [2.45, 2.75) is 45.4 Å². The summed E-state index contributed by atoms with van der Waals surface area (Å²) in [6.45, 7) is 2.49. The quantitative estimate of drug-likeness (QED) is 0.267. The largest absolute Gasteiger partial charge is 0.234 e. The van der Waals surface area contributed by atoms with Crippen molar-refractivity contribution in [1.82, 2.24) is 4.53 Å². The van der Waals surface area contributed by atoms with E-state index in [4.69, 9.17) is 11.8 Å².